The summed E-state index contributed by atoms with van der Waals surface area (Å²) in [6, 6.07) is 4.53. The van der Waals surface area contributed by atoms with Gasteiger partial charge in [-0.3, -0.25) is 0 Å². The van der Waals surface area contributed by atoms with Crippen LogP contribution in [-0.2, 0) is 0 Å². The van der Waals surface area contributed by atoms with Gasteiger partial charge in [-0.05, 0) is 28.1 Å². The molecule has 0 bridgehead atoms. The molecule has 0 radical (unpaired) electrons. The first-order valence-electron chi connectivity index (χ1n) is 3.99. The fourth-order valence-corrected chi connectivity index (χ4v) is 3.14. The maximum absolute atomic E-state index is 5.95. The van der Waals surface area contributed by atoms with Gasteiger partial charge in [0.05, 0.1) is 3.79 Å². The molecule has 1 aliphatic heterocycles. The standard InChI is InChI=1S/C8H11BrN2S/c9-8-2-1-7(12-8)5-3-11-4-6(5)10/h1-2,5-6,11H,3-4,10H2. The third kappa shape index (κ3) is 1.57. The van der Waals surface area contributed by atoms with Gasteiger partial charge in [0.25, 0.3) is 0 Å². The Morgan fingerprint density at radius 2 is 2.33 bits per heavy atom. The Hall–Kier alpha value is 0.1000. The summed E-state index contributed by atoms with van der Waals surface area (Å²) in [7, 11) is 0. The van der Waals surface area contributed by atoms with Gasteiger partial charge in [0.2, 0.25) is 0 Å². The van der Waals surface area contributed by atoms with Crippen LogP contribution in [0, 0.1) is 0 Å². The SMILES string of the molecule is NC1CNCC1c1ccc(Br)s1. The van der Waals surface area contributed by atoms with Crippen LogP contribution in [0.4, 0.5) is 0 Å². The highest BCUT2D eigenvalue weighted by atomic mass is 79.9. The van der Waals surface area contributed by atoms with Crippen LogP contribution in [0.2, 0.25) is 0 Å². The maximum Gasteiger partial charge on any atom is 0.0701 e. The van der Waals surface area contributed by atoms with Gasteiger partial charge >= 0.3 is 0 Å². The zero-order valence-corrected chi connectivity index (χ0v) is 8.99. The molecule has 1 saturated heterocycles. The summed E-state index contributed by atoms with van der Waals surface area (Å²) in [5.41, 5.74) is 5.95. The zero-order valence-electron chi connectivity index (χ0n) is 6.59. The quantitative estimate of drug-likeness (QED) is 0.789. The largest absolute Gasteiger partial charge is 0.326 e. The van der Waals surface area contributed by atoms with Crippen molar-refractivity contribution in [2.45, 2.75) is 12.0 Å². The topological polar surface area (TPSA) is 38.0 Å². The van der Waals surface area contributed by atoms with Crippen molar-refractivity contribution in [3.8, 4) is 0 Å². The van der Waals surface area contributed by atoms with Gasteiger partial charge in [-0.1, -0.05) is 0 Å². The minimum atomic E-state index is 0.288. The Balaban J connectivity index is 2.19. The second kappa shape index (κ2) is 3.46. The lowest BCUT2D eigenvalue weighted by Crippen LogP contribution is -2.27. The van der Waals surface area contributed by atoms with Crippen molar-refractivity contribution in [1.29, 1.82) is 0 Å². The molecule has 0 aliphatic carbocycles. The summed E-state index contributed by atoms with van der Waals surface area (Å²) >= 11 is 5.24. The molecule has 0 aromatic carbocycles. The normalized spacial score (nSPS) is 29.5. The molecule has 2 unspecified atom stereocenters. The first-order valence-corrected chi connectivity index (χ1v) is 5.60. The monoisotopic (exact) mass is 246 g/mol. The van der Waals surface area contributed by atoms with E-state index in [0.29, 0.717) is 5.92 Å². The molecule has 0 saturated carbocycles. The van der Waals surface area contributed by atoms with E-state index in [9.17, 15) is 0 Å². The van der Waals surface area contributed by atoms with E-state index in [-0.39, 0.29) is 6.04 Å². The molecule has 12 heavy (non-hydrogen) atoms. The van der Waals surface area contributed by atoms with E-state index in [1.165, 1.54) is 8.66 Å². The van der Waals surface area contributed by atoms with Crippen molar-refractivity contribution in [2.24, 2.45) is 5.73 Å². The van der Waals surface area contributed by atoms with E-state index in [1.54, 1.807) is 11.3 Å². The van der Waals surface area contributed by atoms with Gasteiger partial charge < -0.3 is 11.1 Å². The number of hydrogen-bond donors (Lipinski definition) is 2. The summed E-state index contributed by atoms with van der Waals surface area (Å²) in [4.78, 5) is 1.39. The van der Waals surface area contributed by atoms with Crippen LogP contribution >= 0.6 is 27.3 Å². The van der Waals surface area contributed by atoms with Gasteiger partial charge in [-0.15, -0.1) is 11.3 Å². The first kappa shape index (κ1) is 8.69. The van der Waals surface area contributed by atoms with E-state index < -0.39 is 0 Å². The molecular weight excluding hydrogens is 236 g/mol. The third-order valence-corrected chi connectivity index (χ3v) is 3.98. The highest BCUT2D eigenvalue weighted by molar-refractivity contribution is 9.11. The lowest BCUT2D eigenvalue weighted by molar-refractivity contribution is 0.663. The molecule has 0 spiro atoms. The minimum absolute atomic E-state index is 0.288. The number of nitrogens with one attached hydrogen (secondary N) is 1. The average molecular weight is 247 g/mol. The molecule has 2 rings (SSSR count). The van der Waals surface area contributed by atoms with Crippen LogP contribution < -0.4 is 11.1 Å². The highest BCUT2D eigenvalue weighted by Crippen LogP contribution is 2.31. The smallest absolute Gasteiger partial charge is 0.0701 e. The van der Waals surface area contributed by atoms with Gasteiger partial charge in [0.1, 0.15) is 0 Å². The van der Waals surface area contributed by atoms with Crippen LogP contribution in [0.25, 0.3) is 0 Å². The molecular formula is C8H11BrN2S. The zero-order chi connectivity index (χ0) is 8.55. The van der Waals surface area contributed by atoms with Crippen molar-refractivity contribution in [3.63, 3.8) is 0 Å². The Kier molecular flexibility index (Phi) is 2.50. The predicted octanol–water partition coefficient (Wildman–Crippen LogP) is 1.52. The van der Waals surface area contributed by atoms with Crippen molar-refractivity contribution < 1.29 is 0 Å². The molecule has 3 N–H and O–H groups in total. The van der Waals surface area contributed by atoms with Crippen molar-refractivity contribution >= 4 is 27.3 Å². The molecule has 0 amide bonds. The Labute approximate surface area is 84.3 Å². The van der Waals surface area contributed by atoms with Crippen molar-refractivity contribution in [2.75, 3.05) is 13.1 Å². The molecule has 66 valence electrons. The molecule has 4 heteroatoms. The van der Waals surface area contributed by atoms with E-state index in [0.717, 1.165) is 13.1 Å². The first-order chi connectivity index (χ1) is 5.77. The predicted molar refractivity (Wildman–Crippen MR) is 55.6 cm³/mol. The van der Waals surface area contributed by atoms with Gasteiger partial charge in [0.15, 0.2) is 0 Å². The summed E-state index contributed by atoms with van der Waals surface area (Å²) in [5, 5.41) is 3.30. The van der Waals surface area contributed by atoms with E-state index in [1.807, 2.05) is 0 Å². The lowest BCUT2D eigenvalue weighted by Gasteiger charge is -2.10. The molecule has 2 heterocycles. The van der Waals surface area contributed by atoms with Crippen LogP contribution in [-0.4, -0.2) is 19.1 Å². The van der Waals surface area contributed by atoms with Crippen LogP contribution in [0.15, 0.2) is 15.9 Å². The summed E-state index contributed by atoms with van der Waals surface area (Å²) in [5.74, 6) is 0.515. The van der Waals surface area contributed by atoms with Crippen LogP contribution in [0.5, 0.6) is 0 Å². The molecule has 1 aliphatic rings. The molecule has 1 aromatic heterocycles. The molecule has 1 fully saturated rings. The Morgan fingerprint density at radius 1 is 1.50 bits per heavy atom. The van der Waals surface area contributed by atoms with Crippen LogP contribution in [0.1, 0.15) is 10.8 Å². The van der Waals surface area contributed by atoms with Gasteiger partial charge in [0, 0.05) is 29.9 Å². The fourth-order valence-electron chi connectivity index (χ4n) is 1.54. The molecule has 2 nitrogen and oxygen atoms in total. The summed E-state index contributed by atoms with van der Waals surface area (Å²) in [6.45, 7) is 1.97. The van der Waals surface area contributed by atoms with E-state index in [4.69, 9.17) is 5.73 Å². The number of nitrogens with two attached hydrogens (primary N) is 1. The maximum atomic E-state index is 5.95. The Bertz CT molecular complexity index is 274. The Morgan fingerprint density at radius 3 is 2.83 bits per heavy atom. The highest BCUT2D eigenvalue weighted by Gasteiger charge is 2.25. The second-order valence-electron chi connectivity index (χ2n) is 3.07. The van der Waals surface area contributed by atoms with Gasteiger partial charge in [-0.2, -0.15) is 0 Å². The number of halogens is 1. The second-order valence-corrected chi connectivity index (χ2v) is 5.57. The van der Waals surface area contributed by atoms with Crippen molar-refractivity contribution in [1.82, 2.24) is 5.32 Å². The summed E-state index contributed by atoms with van der Waals surface area (Å²) in [6.07, 6.45) is 0. The number of thiophene rings is 1. The summed E-state index contributed by atoms with van der Waals surface area (Å²) < 4.78 is 1.19. The lowest BCUT2D eigenvalue weighted by atomic mass is 10.0. The number of rotatable bonds is 1. The van der Waals surface area contributed by atoms with E-state index in [2.05, 4.69) is 33.4 Å². The fraction of sp³-hybridized carbons (Fsp3) is 0.500. The molecule has 1 aromatic rings. The minimum Gasteiger partial charge on any atom is -0.326 e. The molecule has 2 atom stereocenters. The van der Waals surface area contributed by atoms with Gasteiger partial charge in [-0.25, -0.2) is 0 Å². The third-order valence-electron chi connectivity index (χ3n) is 2.22. The van der Waals surface area contributed by atoms with Crippen molar-refractivity contribution in [3.05, 3.63) is 20.8 Å². The van der Waals surface area contributed by atoms with Crippen LogP contribution in [0.3, 0.4) is 0 Å². The number of hydrogen-bond acceptors (Lipinski definition) is 3. The van der Waals surface area contributed by atoms with E-state index >= 15 is 0 Å². The average Bonchev–Trinajstić information content (AvgIpc) is 2.58.